The van der Waals surface area contributed by atoms with E-state index in [9.17, 15) is 24.0 Å². The van der Waals surface area contributed by atoms with Crippen molar-refractivity contribution < 1.29 is 58.2 Å². The summed E-state index contributed by atoms with van der Waals surface area (Å²) in [4.78, 5) is 57.0. The van der Waals surface area contributed by atoms with Crippen molar-refractivity contribution in [3.63, 3.8) is 0 Å². The van der Waals surface area contributed by atoms with Gasteiger partial charge in [-0.05, 0) is 110 Å². The first-order valence-corrected chi connectivity index (χ1v) is 16.8. The topological polar surface area (TPSA) is 183 Å². The highest BCUT2D eigenvalue weighted by Gasteiger charge is 2.10. The second-order valence-electron chi connectivity index (χ2n) is 11.7. The van der Waals surface area contributed by atoms with Crippen LogP contribution in [0.4, 0.5) is 0 Å². The van der Waals surface area contributed by atoms with Gasteiger partial charge < -0.3 is 34.3 Å². The average Bonchev–Trinajstić information content (AvgIpc) is 3.18. The maximum absolute atomic E-state index is 11.7. The van der Waals surface area contributed by atoms with Crippen molar-refractivity contribution in [3.05, 3.63) is 156 Å². The summed E-state index contributed by atoms with van der Waals surface area (Å²) in [6, 6.07) is 25.0. The van der Waals surface area contributed by atoms with Gasteiger partial charge in [0.05, 0.1) is 23.3 Å². The number of Topliss-reactive ketones (excluding diaryl/α,β-unsaturated/α-hetero) is 1. The van der Waals surface area contributed by atoms with Gasteiger partial charge in [0.2, 0.25) is 0 Å². The van der Waals surface area contributed by atoms with Crippen molar-refractivity contribution >= 4 is 35.7 Å². The summed E-state index contributed by atoms with van der Waals surface area (Å²) in [6.07, 6.45) is 2.57. The van der Waals surface area contributed by atoms with Crippen LogP contribution in [-0.2, 0) is 35.1 Å². The Balaban J connectivity index is 0.000000285. The van der Waals surface area contributed by atoms with Crippen molar-refractivity contribution in [1.29, 1.82) is 0 Å². The molecule has 4 rings (SSSR count). The van der Waals surface area contributed by atoms with E-state index in [0.29, 0.717) is 40.7 Å². The molecule has 3 N–H and O–H groups in total. The molecule has 0 amide bonds. The van der Waals surface area contributed by atoms with E-state index in [2.05, 4.69) is 19.7 Å². The second kappa shape index (κ2) is 23.6. The zero-order valence-corrected chi connectivity index (χ0v) is 30.7. The van der Waals surface area contributed by atoms with Gasteiger partial charge in [-0.15, -0.1) is 0 Å². The third kappa shape index (κ3) is 17.4. The lowest BCUT2D eigenvalue weighted by atomic mass is 10.1. The molecule has 4 aromatic carbocycles. The fourth-order valence-electron chi connectivity index (χ4n) is 3.94. The third-order valence-electron chi connectivity index (χ3n) is 7.05. The molecule has 0 atom stereocenters. The van der Waals surface area contributed by atoms with Gasteiger partial charge in [0.25, 0.3) is 0 Å². The van der Waals surface area contributed by atoms with E-state index in [4.69, 9.17) is 34.3 Å². The monoisotopic (exact) mass is 752 g/mol. The number of allylic oxidation sites excluding steroid dienone is 1. The fourth-order valence-corrected chi connectivity index (χ4v) is 3.94. The summed E-state index contributed by atoms with van der Waals surface area (Å²) < 4.78 is 19.8. The molecule has 0 aliphatic heterocycles. The lowest BCUT2D eigenvalue weighted by molar-refractivity contribution is -0.140. The Hall–Kier alpha value is -6.95. The van der Waals surface area contributed by atoms with E-state index in [1.54, 1.807) is 13.0 Å². The lowest BCUT2D eigenvalue weighted by Crippen LogP contribution is -2.14. The molecular formula is C43H44O12. The molecule has 0 heterocycles. The first kappa shape index (κ1) is 44.2. The standard InChI is InChI=1S/C16H14O3.C14H16O4.C13H14O5/c1-2-12-3-5-13(6-4-12)11-19-16(18)14-7-9-15(17)10-8-14;1-10(2)13(16)4-3-9-18-14(17)11-5-7-12(15)8-6-11;1-9(2)12(15)17-7-8-18-13(16)10-3-5-11(14)6-4-10/h2-10,17H,1,11H2;5-8,15H,1,3-4,9H2,2H3;3-6,14H,1,7-8H2,2H3. The first-order chi connectivity index (χ1) is 26.2. The zero-order chi connectivity index (χ0) is 40.8. The van der Waals surface area contributed by atoms with Crippen LogP contribution in [0.25, 0.3) is 6.08 Å². The minimum Gasteiger partial charge on any atom is -0.508 e. The molecule has 288 valence electrons. The first-order valence-electron chi connectivity index (χ1n) is 16.8. The van der Waals surface area contributed by atoms with Gasteiger partial charge in [0.15, 0.2) is 5.78 Å². The van der Waals surface area contributed by atoms with Crippen LogP contribution in [0.5, 0.6) is 17.2 Å². The van der Waals surface area contributed by atoms with E-state index in [0.717, 1.165) is 11.1 Å². The molecule has 12 heteroatoms. The van der Waals surface area contributed by atoms with E-state index >= 15 is 0 Å². The van der Waals surface area contributed by atoms with Gasteiger partial charge in [-0.2, -0.15) is 0 Å². The van der Waals surface area contributed by atoms with Gasteiger partial charge in [0.1, 0.15) is 37.1 Å². The maximum Gasteiger partial charge on any atom is 0.338 e. The Morgan fingerprint density at radius 1 is 0.545 bits per heavy atom. The molecule has 0 saturated carbocycles. The number of phenolic OH excluding ortho intramolecular Hbond substituents is 3. The van der Waals surface area contributed by atoms with Crippen LogP contribution in [0, 0.1) is 0 Å². The summed E-state index contributed by atoms with van der Waals surface area (Å²) in [5, 5.41) is 27.3. The number of carbonyl (C=O) groups is 5. The molecule has 0 radical (unpaired) electrons. The Morgan fingerprint density at radius 3 is 1.35 bits per heavy atom. The van der Waals surface area contributed by atoms with Crippen molar-refractivity contribution in [3.8, 4) is 17.2 Å². The van der Waals surface area contributed by atoms with Gasteiger partial charge in [-0.25, -0.2) is 19.2 Å². The lowest BCUT2D eigenvalue weighted by Gasteiger charge is -2.06. The summed E-state index contributed by atoms with van der Waals surface area (Å²) in [6.45, 7) is 14.2. The summed E-state index contributed by atoms with van der Waals surface area (Å²) in [7, 11) is 0. The molecule has 0 fully saturated rings. The number of phenols is 3. The molecule has 12 nitrogen and oxygen atoms in total. The van der Waals surface area contributed by atoms with Crippen molar-refractivity contribution in [2.75, 3.05) is 19.8 Å². The number of benzene rings is 4. The molecular weight excluding hydrogens is 708 g/mol. The van der Waals surface area contributed by atoms with E-state index < -0.39 is 23.9 Å². The number of hydrogen-bond donors (Lipinski definition) is 3. The zero-order valence-electron chi connectivity index (χ0n) is 30.7. The number of esters is 4. The molecule has 0 aliphatic carbocycles. The van der Waals surface area contributed by atoms with Crippen LogP contribution >= 0.6 is 0 Å². The maximum atomic E-state index is 11.7. The van der Waals surface area contributed by atoms with E-state index in [-0.39, 0.29) is 49.5 Å². The highest BCUT2D eigenvalue weighted by Crippen LogP contribution is 2.14. The number of hydrogen-bond acceptors (Lipinski definition) is 12. The van der Waals surface area contributed by atoms with Crippen LogP contribution in [0.1, 0.15) is 68.9 Å². The SMILES string of the molecule is C=C(C)C(=O)CCCOC(=O)c1ccc(O)cc1.C=C(C)C(=O)OCCOC(=O)c1ccc(O)cc1.C=Cc1ccc(COC(=O)c2ccc(O)cc2)cc1. The Bertz CT molecular complexity index is 1820. The smallest absolute Gasteiger partial charge is 0.338 e. The van der Waals surface area contributed by atoms with Gasteiger partial charge >= 0.3 is 23.9 Å². The average molecular weight is 753 g/mol. The van der Waals surface area contributed by atoms with E-state index in [1.165, 1.54) is 79.7 Å². The molecule has 4 aromatic rings. The van der Waals surface area contributed by atoms with Crippen LogP contribution in [-0.4, -0.2) is 64.8 Å². The summed E-state index contributed by atoms with van der Waals surface area (Å²) in [5.74, 6) is -1.66. The largest absolute Gasteiger partial charge is 0.508 e. The number of ether oxygens (including phenoxy) is 4. The summed E-state index contributed by atoms with van der Waals surface area (Å²) >= 11 is 0. The van der Waals surface area contributed by atoms with E-state index in [1.807, 2.05) is 24.3 Å². The Kier molecular flexibility index (Phi) is 19.0. The molecule has 0 aliphatic rings. The number of ketones is 1. The van der Waals surface area contributed by atoms with Crippen LogP contribution in [0.2, 0.25) is 0 Å². The van der Waals surface area contributed by atoms with Crippen LogP contribution in [0.15, 0.2) is 128 Å². The highest BCUT2D eigenvalue weighted by atomic mass is 16.6. The van der Waals surface area contributed by atoms with Crippen molar-refractivity contribution in [2.24, 2.45) is 0 Å². The highest BCUT2D eigenvalue weighted by molar-refractivity contribution is 5.94. The quantitative estimate of drug-likeness (QED) is 0.0470. The molecule has 0 spiro atoms. The second-order valence-corrected chi connectivity index (χ2v) is 11.7. The Morgan fingerprint density at radius 2 is 0.945 bits per heavy atom. The number of rotatable bonds is 15. The predicted octanol–water partition coefficient (Wildman–Crippen LogP) is 7.53. The molecule has 0 bridgehead atoms. The normalized spacial score (nSPS) is 9.78. The van der Waals surface area contributed by atoms with Gasteiger partial charge in [-0.3, -0.25) is 4.79 Å². The molecule has 55 heavy (non-hydrogen) atoms. The Labute approximate surface area is 319 Å². The minimum atomic E-state index is -0.540. The van der Waals surface area contributed by atoms with Gasteiger partial charge in [0, 0.05) is 12.0 Å². The number of aromatic hydroxyl groups is 3. The number of carbonyl (C=O) groups excluding carboxylic acids is 5. The van der Waals surface area contributed by atoms with Crippen molar-refractivity contribution in [2.45, 2.75) is 33.3 Å². The third-order valence-corrected chi connectivity index (χ3v) is 7.05. The fraction of sp³-hybridized carbons (Fsp3) is 0.186. The van der Waals surface area contributed by atoms with Gasteiger partial charge in [-0.1, -0.05) is 50.1 Å². The summed E-state index contributed by atoms with van der Waals surface area (Å²) in [5.41, 5.74) is 3.85. The molecule has 0 aromatic heterocycles. The van der Waals surface area contributed by atoms with Crippen LogP contribution < -0.4 is 0 Å². The van der Waals surface area contributed by atoms with Crippen LogP contribution in [0.3, 0.4) is 0 Å². The minimum absolute atomic E-state index is 0.0179. The molecule has 0 saturated heterocycles. The molecule has 0 unspecified atom stereocenters. The predicted molar refractivity (Wildman–Crippen MR) is 205 cm³/mol. The van der Waals surface area contributed by atoms with Crippen molar-refractivity contribution in [1.82, 2.24) is 0 Å².